The zero-order valence-electron chi connectivity index (χ0n) is 9.73. The molecule has 1 aromatic carbocycles. The predicted octanol–water partition coefficient (Wildman–Crippen LogP) is 2.07. The van der Waals surface area contributed by atoms with E-state index in [0.29, 0.717) is 6.42 Å². The van der Waals surface area contributed by atoms with E-state index in [2.05, 4.69) is 5.32 Å². The summed E-state index contributed by atoms with van der Waals surface area (Å²) in [6, 6.07) is 3.81. The van der Waals surface area contributed by atoms with Gasteiger partial charge in [-0.15, -0.1) is 0 Å². The second-order valence-electron chi connectivity index (χ2n) is 3.83. The zero-order chi connectivity index (χ0) is 13.0. The van der Waals surface area contributed by atoms with Crippen LogP contribution in [-0.4, -0.2) is 22.1 Å². The molecule has 0 spiro atoms. The first-order chi connectivity index (χ1) is 7.95. The van der Waals surface area contributed by atoms with Crippen LogP contribution in [0.15, 0.2) is 18.2 Å². The Balaban J connectivity index is 2.98. The monoisotopic (exact) mass is 237 g/mol. The van der Waals surface area contributed by atoms with E-state index in [0.717, 1.165) is 6.07 Å². The second-order valence-corrected chi connectivity index (χ2v) is 3.83. The van der Waals surface area contributed by atoms with Gasteiger partial charge in [-0.3, -0.25) is 4.79 Å². The minimum absolute atomic E-state index is 0.123. The van der Waals surface area contributed by atoms with Crippen LogP contribution < -0.4 is 5.32 Å². The Morgan fingerprint density at radius 2 is 2.06 bits per heavy atom. The molecule has 0 aliphatic heterocycles. The predicted molar refractivity (Wildman–Crippen MR) is 63.2 cm³/mol. The minimum atomic E-state index is -1.19. The number of rotatable bonds is 4. The molecule has 3 N–H and O–H groups in total. The van der Waals surface area contributed by atoms with Gasteiger partial charge in [0.05, 0.1) is 11.3 Å². The normalized spacial score (nSPS) is 11.9. The summed E-state index contributed by atoms with van der Waals surface area (Å²) in [6.45, 7) is 3.63. The lowest BCUT2D eigenvalue weighted by molar-refractivity contribution is -0.119. The summed E-state index contributed by atoms with van der Waals surface area (Å²) in [6.07, 6.45) is 0.673. The topological polar surface area (TPSA) is 86.6 Å². The number of carbonyl (C=O) groups excluding carboxylic acids is 1. The van der Waals surface area contributed by atoms with Crippen LogP contribution in [0.2, 0.25) is 0 Å². The molecule has 0 radical (unpaired) electrons. The van der Waals surface area contributed by atoms with E-state index < -0.39 is 5.97 Å². The van der Waals surface area contributed by atoms with Crippen molar-refractivity contribution in [3.63, 3.8) is 0 Å². The average molecular weight is 237 g/mol. The first-order valence-corrected chi connectivity index (χ1v) is 5.32. The summed E-state index contributed by atoms with van der Waals surface area (Å²) in [5.74, 6) is -1.77. The van der Waals surface area contributed by atoms with Gasteiger partial charge in [0.1, 0.15) is 5.75 Å². The van der Waals surface area contributed by atoms with Crippen molar-refractivity contribution in [2.75, 3.05) is 5.32 Å². The van der Waals surface area contributed by atoms with Gasteiger partial charge >= 0.3 is 5.97 Å². The molecule has 0 heterocycles. The van der Waals surface area contributed by atoms with Crippen molar-refractivity contribution in [1.82, 2.24) is 0 Å². The highest BCUT2D eigenvalue weighted by Crippen LogP contribution is 2.22. The van der Waals surface area contributed by atoms with Gasteiger partial charge in [0.15, 0.2) is 0 Å². The van der Waals surface area contributed by atoms with Crippen LogP contribution in [0, 0.1) is 5.92 Å². The Hall–Kier alpha value is -2.04. The Kier molecular flexibility index (Phi) is 4.09. The molecule has 0 fully saturated rings. The fourth-order valence-electron chi connectivity index (χ4n) is 1.26. The molecule has 0 saturated heterocycles. The third-order valence-corrected chi connectivity index (χ3v) is 2.55. The molecular weight excluding hydrogens is 222 g/mol. The van der Waals surface area contributed by atoms with Crippen LogP contribution in [0.5, 0.6) is 5.75 Å². The lowest BCUT2D eigenvalue weighted by Gasteiger charge is -2.12. The van der Waals surface area contributed by atoms with Crippen LogP contribution in [0.3, 0.4) is 0 Å². The molecule has 5 nitrogen and oxygen atoms in total. The van der Waals surface area contributed by atoms with E-state index in [-0.39, 0.29) is 28.8 Å². The highest BCUT2D eigenvalue weighted by Gasteiger charge is 2.16. The third-order valence-electron chi connectivity index (χ3n) is 2.55. The molecule has 0 saturated carbocycles. The second kappa shape index (κ2) is 5.34. The number of phenolic OH excluding ortho intramolecular Hbond substituents is 1. The molecule has 5 heteroatoms. The number of carboxylic acids is 1. The van der Waals surface area contributed by atoms with Gasteiger partial charge in [-0.25, -0.2) is 4.79 Å². The number of benzene rings is 1. The van der Waals surface area contributed by atoms with Crippen molar-refractivity contribution >= 4 is 17.6 Å². The fourth-order valence-corrected chi connectivity index (χ4v) is 1.26. The van der Waals surface area contributed by atoms with Crippen molar-refractivity contribution in [2.45, 2.75) is 20.3 Å². The van der Waals surface area contributed by atoms with Crippen LogP contribution in [0.1, 0.15) is 30.6 Å². The molecule has 1 aromatic rings. The summed E-state index contributed by atoms with van der Waals surface area (Å²) in [4.78, 5) is 22.6. The van der Waals surface area contributed by atoms with Crippen LogP contribution in [0.4, 0.5) is 5.69 Å². The number of anilines is 1. The standard InChI is InChI=1S/C12H15NO4/c1-3-7(2)11(15)13-10-5-4-8(14)6-9(10)12(16)17/h4-7,14H,3H2,1-2H3,(H,13,15)(H,16,17)/t7-/m1/s1. The molecule has 1 atom stereocenters. The average Bonchev–Trinajstić information content (AvgIpc) is 2.29. The molecule has 0 aliphatic carbocycles. The van der Waals surface area contributed by atoms with Gasteiger partial charge in [0.25, 0.3) is 0 Å². The van der Waals surface area contributed by atoms with Gasteiger partial charge in [0.2, 0.25) is 5.91 Å². The minimum Gasteiger partial charge on any atom is -0.508 e. The number of carbonyl (C=O) groups is 2. The first kappa shape index (κ1) is 13.0. The smallest absolute Gasteiger partial charge is 0.337 e. The van der Waals surface area contributed by atoms with E-state index in [4.69, 9.17) is 5.11 Å². The lowest BCUT2D eigenvalue weighted by Crippen LogP contribution is -2.21. The molecule has 0 unspecified atom stereocenters. The van der Waals surface area contributed by atoms with Gasteiger partial charge in [0, 0.05) is 5.92 Å². The van der Waals surface area contributed by atoms with E-state index >= 15 is 0 Å². The maximum absolute atomic E-state index is 11.6. The number of phenols is 1. The Morgan fingerprint density at radius 1 is 1.41 bits per heavy atom. The van der Waals surface area contributed by atoms with Crippen LogP contribution in [-0.2, 0) is 4.79 Å². The van der Waals surface area contributed by atoms with E-state index in [1.807, 2.05) is 6.92 Å². The highest BCUT2D eigenvalue weighted by atomic mass is 16.4. The number of hydrogen-bond acceptors (Lipinski definition) is 3. The Bertz CT molecular complexity index is 442. The number of nitrogens with one attached hydrogen (secondary N) is 1. The maximum atomic E-state index is 11.6. The van der Waals surface area contributed by atoms with Gasteiger partial charge < -0.3 is 15.5 Å². The summed E-state index contributed by atoms with van der Waals surface area (Å²) < 4.78 is 0. The number of aromatic carboxylic acids is 1. The molecule has 0 bridgehead atoms. The molecule has 1 rings (SSSR count). The van der Waals surface area contributed by atoms with E-state index in [1.54, 1.807) is 6.92 Å². The highest BCUT2D eigenvalue weighted by molar-refractivity contribution is 6.01. The van der Waals surface area contributed by atoms with Crippen molar-refractivity contribution in [3.05, 3.63) is 23.8 Å². The summed E-state index contributed by atoms with van der Waals surface area (Å²) in [5.41, 5.74) is 0.0715. The molecule has 92 valence electrons. The van der Waals surface area contributed by atoms with Crippen molar-refractivity contribution < 1.29 is 19.8 Å². The zero-order valence-corrected chi connectivity index (χ0v) is 9.73. The van der Waals surface area contributed by atoms with Crippen molar-refractivity contribution in [2.24, 2.45) is 5.92 Å². The van der Waals surface area contributed by atoms with Gasteiger partial charge in [-0.05, 0) is 24.6 Å². The van der Waals surface area contributed by atoms with E-state index in [9.17, 15) is 14.7 Å². The number of aromatic hydroxyl groups is 1. The number of carboxylic acid groups (broad SMARTS) is 1. The molecular formula is C12H15NO4. The Morgan fingerprint density at radius 3 is 2.59 bits per heavy atom. The van der Waals surface area contributed by atoms with Gasteiger partial charge in [-0.2, -0.15) is 0 Å². The summed E-state index contributed by atoms with van der Waals surface area (Å²) >= 11 is 0. The molecule has 1 amide bonds. The third kappa shape index (κ3) is 3.21. The van der Waals surface area contributed by atoms with Crippen molar-refractivity contribution in [1.29, 1.82) is 0 Å². The first-order valence-electron chi connectivity index (χ1n) is 5.32. The molecule has 0 aromatic heterocycles. The lowest BCUT2D eigenvalue weighted by atomic mass is 10.1. The van der Waals surface area contributed by atoms with Gasteiger partial charge in [-0.1, -0.05) is 13.8 Å². The quantitative estimate of drug-likeness (QED) is 0.700. The van der Waals surface area contributed by atoms with Crippen molar-refractivity contribution in [3.8, 4) is 5.75 Å². The Labute approximate surface area is 99.1 Å². The molecule has 0 aliphatic rings. The number of hydrogen-bond donors (Lipinski definition) is 3. The maximum Gasteiger partial charge on any atom is 0.337 e. The SMILES string of the molecule is CC[C@@H](C)C(=O)Nc1ccc(O)cc1C(=O)O. The largest absolute Gasteiger partial charge is 0.508 e. The van der Waals surface area contributed by atoms with Crippen LogP contribution >= 0.6 is 0 Å². The number of amides is 1. The summed E-state index contributed by atoms with van der Waals surface area (Å²) in [7, 11) is 0. The molecule has 17 heavy (non-hydrogen) atoms. The van der Waals surface area contributed by atoms with E-state index in [1.165, 1.54) is 12.1 Å². The van der Waals surface area contributed by atoms with Crippen LogP contribution in [0.25, 0.3) is 0 Å². The summed E-state index contributed by atoms with van der Waals surface area (Å²) in [5, 5.41) is 20.7. The fraction of sp³-hybridized carbons (Fsp3) is 0.333.